The van der Waals surface area contributed by atoms with E-state index in [2.05, 4.69) is 6.92 Å². The molecule has 2 rings (SSSR count). The largest absolute Gasteiger partial charge is 0.481 e. The lowest BCUT2D eigenvalue weighted by Crippen LogP contribution is -2.31. The van der Waals surface area contributed by atoms with Crippen molar-refractivity contribution in [1.82, 2.24) is 0 Å². The number of carboxylic acids is 1. The molecule has 2 aliphatic carbocycles. The number of ether oxygens (including phenoxy) is 1. The molecule has 0 radical (unpaired) electrons. The molecule has 30 heavy (non-hydrogen) atoms. The number of carbonyl (C=O) groups is 2. The minimum absolute atomic E-state index is 0.0734. The monoisotopic (exact) mass is 426 g/mol. The normalized spacial score (nSPS) is 27.9. The molecule has 6 heteroatoms. The zero-order valence-corrected chi connectivity index (χ0v) is 18.6. The van der Waals surface area contributed by atoms with Gasteiger partial charge in [-0.3, -0.25) is 9.59 Å². The fourth-order valence-corrected chi connectivity index (χ4v) is 5.28. The number of hydrogen-bond acceptors (Lipinski definition) is 5. The molecule has 0 aliphatic heterocycles. The van der Waals surface area contributed by atoms with Crippen molar-refractivity contribution in [2.45, 2.75) is 96.7 Å². The number of hydrogen-bond donors (Lipinski definition) is 3. The first-order valence-electron chi connectivity index (χ1n) is 12.1. The summed E-state index contributed by atoms with van der Waals surface area (Å²) in [5.74, 6) is 1.05. The number of unbranched alkanes of at least 4 members (excludes halogenated alkanes) is 3. The van der Waals surface area contributed by atoms with E-state index in [1.807, 2.05) is 0 Å². The Labute approximate surface area is 181 Å². The predicted molar refractivity (Wildman–Crippen MR) is 115 cm³/mol. The average Bonchev–Trinajstić information content (AvgIpc) is 3.41. The Morgan fingerprint density at radius 3 is 2.40 bits per heavy atom. The van der Waals surface area contributed by atoms with E-state index in [1.165, 1.54) is 38.5 Å². The van der Waals surface area contributed by atoms with Gasteiger partial charge in [-0.2, -0.15) is 0 Å². The molecule has 0 amide bonds. The molecule has 3 N–H and O–H groups in total. The highest BCUT2D eigenvalue weighted by Gasteiger charge is 2.35. The fourth-order valence-electron chi connectivity index (χ4n) is 5.28. The molecule has 6 nitrogen and oxygen atoms in total. The number of aliphatic hydroxyl groups excluding tert-OH is 2. The van der Waals surface area contributed by atoms with Crippen LogP contribution in [0.1, 0.15) is 90.4 Å². The van der Waals surface area contributed by atoms with Crippen LogP contribution in [0.5, 0.6) is 0 Å². The third-order valence-corrected chi connectivity index (χ3v) is 7.31. The molecule has 2 unspecified atom stereocenters. The van der Waals surface area contributed by atoms with Crippen molar-refractivity contribution < 1.29 is 29.6 Å². The molecule has 0 spiro atoms. The van der Waals surface area contributed by atoms with Crippen molar-refractivity contribution in [3.05, 3.63) is 0 Å². The van der Waals surface area contributed by atoms with Crippen LogP contribution in [0.3, 0.4) is 0 Å². The summed E-state index contributed by atoms with van der Waals surface area (Å²) >= 11 is 0. The number of Topliss-reactive ketones (excluding diaryl/α,β-unsaturated/α-hetero) is 1. The average molecular weight is 427 g/mol. The van der Waals surface area contributed by atoms with Gasteiger partial charge < -0.3 is 20.1 Å². The van der Waals surface area contributed by atoms with Crippen LogP contribution in [0.4, 0.5) is 0 Å². The fraction of sp³-hybridized carbons (Fsp3) is 0.917. The predicted octanol–water partition coefficient (Wildman–Crippen LogP) is 4.17. The van der Waals surface area contributed by atoms with E-state index in [1.54, 1.807) is 0 Å². The van der Waals surface area contributed by atoms with E-state index in [0.29, 0.717) is 24.5 Å². The third kappa shape index (κ3) is 8.27. The first-order chi connectivity index (χ1) is 14.5. The van der Waals surface area contributed by atoms with Crippen LogP contribution in [0.25, 0.3) is 0 Å². The lowest BCUT2D eigenvalue weighted by atomic mass is 9.86. The highest BCUT2D eigenvalue weighted by Crippen LogP contribution is 2.45. The van der Waals surface area contributed by atoms with Crippen molar-refractivity contribution >= 4 is 11.8 Å². The van der Waals surface area contributed by atoms with Gasteiger partial charge in [0, 0.05) is 12.3 Å². The van der Waals surface area contributed by atoms with Crippen molar-refractivity contribution in [3.8, 4) is 0 Å². The van der Waals surface area contributed by atoms with Crippen LogP contribution in [-0.4, -0.2) is 46.6 Å². The molecule has 6 atom stereocenters. The molecule has 2 saturated carbocycles. The Bertz CT molecular complexity index is 522. The van der Waals surface area contributed by atoms with Gasteiger partial charge in [0.15, 0.2) is 6.29 Å². The SMILES string of the molecule is CC[C@H]1C[C@H]1CCCC[C@H]1CCC(=O)[C@@H]1CCCCCC(C(=O)O)C(O)OCCO. The van der Waals surface area contributed by atoms with E-state index in [4.69, 9.17) is 9.84 Å². The van der Waals surface area contributed by atoms with Gasteiger partial charge in [0.1, 0.15) is 11.7 Å². The van der Waals surface area contributed by atoms with Gasteiger partial charge in [0.25, 0.3) is 0 Å². The number of aliphatic carboxylic acids is 1. The Hall–Kier alpha value is -0.980. The van der Waals surface area contributed by atoms with E-state index in [9.17, 15) is 19.8 Å². The molecule has 2 aliphatic rings. The Morgan fingerprint density at radius 1 is 1.07 bits per heavy atom. The van der Waals surface area contributed by atoms with Crippen LogP contribution in [-0.2, 0) is 14.3 Å². The lowest BCUT2D eigenvalue weighted by Gasteiger charge is -2.20. The topological polar surface area (TPSA) is 104 Å². The minimum atomic E-state index is -1.39. The summed E-state index contributed by atoms with van der Waals surface area (Å²) in [6.45, 7) is 1.96. The van der Waals surface area contributed by atoms with E-state index in [0.717, 1.165) is 43.9 Å². The number of ketones is 1. The van der Waals surface area contributed by atoms with Gasteiger partial charge in [-0.05, 0) is 49.9 Å². The summed E-state index contributed by atoms with van der Waals surface area (Å²) in [4.78, 5) is 23.6. The molecule has 0 saturated heterocycles. The van der Waals surface area contributed by atoms with Gasteiger partial charge in [-0.1, -0.05) is 51.9 Å². The standard InChI is InChI=1S/C24H42O6/c1-2-17-16-19(17)9-7-6-8-18-12-13-22(26)20(18)10-4-3-5-11-21(23(27)28)24(29)30-15-14-25/h17-21,24-25,29H,2-16H2,1H3,(H,27,28)/t17-,18-,19+,20+,21?,24?/m0/s1. The molecule has 0 aromatic carbocycles. The Kier molecular flexibility index (Phi) is 11.3. The smallest absolute Gasteiger partial charge is 0.311 e. The van der Waals surface area contributed by atoms with Crippen LogP contribution in [0, 0.1) is 29.6 Å². The van der Waals surface area contributed by atoms with E-state index in [-0.39, 0.29) is 19.1 Å². The molecule has 0 bridgehead atoms. The highest BCUT2D eigenvalue weighted by atomic mass is 16.6. The summed E-state index contributed by atoms with van der Waals surface area (Å²) in [7, 11) is 0. The summed E-state index contributed by atoms with van der Waals surface area (Å²) in [6, 6.07) is 0. The molecule has 174 valence electrons. The Balaban J connectivity index is 1.60. The molecular formula is C24H42O6. The second-order valence-electron chi connectivity index (χ2n) is 9.39. The van der Waals surface area contributed by atoms with Crippen LogP contribution < -0.4 is 0 Å². The zero-order valence-electron chi connectivity index (χ0n) is 18.6. The maximum absolute atomic E-state index is 12.3. The number of carboxylic acid groups (broad SMARTS) is 1. The summed E-state index contributed by atoms with van der Waals surface area (Å²) in [5, 5.41) is 27.8. The quantitative estimate of drug-likeness (QED) is 0.238. The van der Waals surface area contributed by atoms with Gasteiger partial charge in [0.2, 0.25) is 0 Å². The summed E-state index contributed by atoms with van der Waals surface area (Å²) in [6.07, 6.45) is 11.9. The lowest BCUT2D eigenvalue weighted by molar-refractivity contribution is -0.173. The molecule has 0 heterocycles. The third-order valence-electron chi connectivity index (χ3n) is 7.31. The minimum Gasteiger partial charge on any atom is -0.481 e. The zero-order chi connectivity index (χ0) is 21.9. The second kappa shape index (κ2) is 13.4. The maximum Gasteiger partial charge on any atom is 0.311 e. The van der Waals surface area contributed by atoms with Crippen LogP contribution >= 0.6 is 0 Å². The van der Waals surface area contributed by atoms with Crippen molar-refractivity contribution in [2.75, 3.05) is 13.2 Å². The second-order valence-corrected chi connectivity index (χ2v) is 9.39. The Morgan fingerprint density at radius 2 is 1.77 bits per heavy atom. The highest BCUT2D eigenvalue weighted by molar-refractivity contribution is 5.83. The van der Waals surface area contributed by atoms with Crippen LogP contribution in [0.15, 0.2) is 0 Å². The van der Waals surface area contributed by atoms with Gasteiger partial charge in [-0.15, -0.1) is 0 Å². The molecule has 0 aromatic rings. The summed E-state index contributed by atoms with van der Waals surface area (Å²) < 4.78 is 4.94. The van der Waals surface area contributed by atoms with E-state index >= 15 is 0 Å². The van der Waals surface area contributed by atoms with Crippen molar-refractivity contribution in [3.63, 3.8) is 0 Å². The molecular weight excluding hydrogens is 384 g/mol. The van der Waals surface area contributed by atoms with Gasteiger partial charge in [-0.25, -0.2) is 0 Å². The van der Waals surface area contributed by atoms with Gasteiger partial charge in [0.05, 0.1) is 13.2 Å². The summed E-state index contributed by atoms with van der Waals surface area (Å²) in [5.41, 5.74) is 0. The number of rotatable bonds is 17. The van der Waals surface area contributed by atoms with Gasteiger partial charge >= 0.3 is 5.97 Å². The number of carbonyl (C=O) groups excluding carboxylic acids is 1. The van der Waals surface area contributed by atoms with Crippen LogP contribution in [0.2, 0.25) is 0 Å². The molecule has 2 fully saturated rings. The van der Waals surface area contributed by atoms with Crippen molar-refractivity contribution in [2.24, 2.45) is 29.6 Å². The number of aliphatic hydroxyl groups is 2. The first kappa shape index (κ1) is 25.3. The molecule has 0 aromatic heterocycles. The first-order valence-corrected chi connectivity index (χ1v) is 12.1. The van der Waals surface area contributed by atoms with Crippen molar-refractivity contribution in [1.29, 1.82) is 0 Å². The van der Waals surface area contributed by atoms with E-state index < -0.39 is 18.2 Å². The maximum atomic E-state index is 12.3.